The van der Waals surface area contributed by atoms with E-state index in [1.54, 1.807) is 35.9 Å². The van der Waals surface area contributed by atoms with Gasteiger partial charge in [0, 0.05) is 25.2 Å². The van der Waals surface area contributed by atoms with Crippen LogP contribution in [0.25, 0.3) is 5.69 Å². The van der Waals surface area contributed by atoms with Crippen molar-refractivity contribution in [3.8, 4) is 17.2 Å². The maximum absolute atomic E-state index is 12.9. The molecule has 1 aliphatic heterocycles. The van der Waals surface area contributed by atoms with Crippen molar-refractivity contribution in [1.29, 1.82) is 0 Å². The predicted molar refractivity (Wildman–Crippen MR) is 128 cm³/mol. The summed E-state index contributed by atoms with van der Waals surface area (Å²) in [5.74, 6) is 0.706. The second kappa shape index (κ2) is 10.6. The monoisotopic (exact) mass is 482 g/mol. The van der Waals surface area contributed by atoms with E-state index in [-0.39, 0.29) is 18.2 Å². The Morgan fingerprint density at radius 3 is 2.76 bits per heavy atom. The third kappa shape index (κ3) is 5.14. The van der Waals surface area contributed by atoms with E-state index in [0.29, 0.717) is 41.9 Å². The first-order valence-corrected chi connectivity index (χ1v) is 12.0. The zero-order valence-electron chi connectivity index (χ0n) is 19.2. The molecule has 1 aliphatic rings. The van der Waals surface area contributed by atoms with E-state index in [2.05, 4.69) is 20.8 Å². The van der Waals surface area contributed by atoms with Crippen LogP contribution in [0, 0.1) is 5.92 Å². The van der Waals surface area contributed by atoms with Crippen LogP contribution in [0.2, 0.25) is 0 Å². The average Bonchev–Trinajstić information content (AvgIpc) is 3.49. The Kier molecular flexibility index (Phi) is 7.31. The minimum absolute atomic E-state index is 0.0207. The van der Waals surface area contributed by atoms with Crippen molar-refractivity contribution in [1.82, 2.24) is 25.1 Å². The molecule has 1 atom stereocenters. The quantitative estimate of drug-likeness (QED) is 0.463. The standard InChI is InChI=1S/C23H26N6O4S/c1-32-19-8-7-15(11-20(19)33-2)9-10-28-14-16(12-21(28)30)22(31)24-17-5-4-6-18(13-17)29-23(34-3)25-26-27-29/h4-8,11,13,16H,9-10,12,14H2,1-3H3,(H,24,31). The third-order valence-corrected chi connectivity index (χ3v) is 6.31. The van der Waals surface area contributed by atoms with Crippen molar-refractivity contribution in [2.75, 3.05) is 38.9 Å². The van der Waals surface area contributed by atoms with Crippen LogP contribution in [0.1, 0.15) is 12.0 Å². The summed E-state index contributed by atoms with van der Waals surface area (Å²) >= 11 is 1.43. The third-order valence-electron chi connectivity index (χ3n) is 5.69. The van der Waals surface area contributed by atoms with Gasteiger partial charge in [-0.25, -0.2) is 0 Å². The summed E-state index contributed by atoms with van der Waals surface area (Å²) < 4.78 is 12.2. The van der Waals surface area contributed by atoms with Crippen molar-refractivity contribution < 1.29 is 19.1 Å². The number of aromatic nitrogens is 4. The SMILES string of the molecule is COc1ccc(CCN2CC(C(=O)Nc3cccc(-n4nnnc4SC)c3)CC2=O)cc1OC. The molecule has 1 N–H and O–H groups in total. The van der Waals surface area contributed by atoms with Crippen LogP contribution in [0.4, 0.5) is 5.69 Å². The Balaban J connectivity index is 1.36. The van der Waals surface area contributed by atoms with E-state index >= 15 is 0 Å². The molecule has 1 fully saturated rings. The Labute approximate surface area is 201 Å². The summed E-state index contributed by atoms with van der Waals surface area (Å²) in [5, 5.41) is 15.2. The maximum Gasteiger partial charge on any atom is 0.229 e. The van der Waals surface area contributed by atoms with Crippen LogP contribution in [-0.2, 0) is 16.0 Å². The number of methoxy groups -OCH3 is 2. The molecule has 2 amide bonds. The van der Waals surface area contributed by atoms with E-state index in [1.165, 1.54) is 11.8 Å². The van der Waals surface area contributed by atoms with Crippen molar-refractivity contribution in [2.24, 2.45) is 5.92 Å². The van der Waals surface area contributed by atoms with Crippen LogP contribution in [-0.4, -0.2) is 70.5 Å². The van der Waals surface area contributed by atoms with E-state index in [1.807, 2.05) is 36.6 Å². The topological polar surface area (TPSA) is 111 Å². The molecule has 4 rings (SSSR count). The lowest BCUT2D eigenvalue weighted by Gasteiger charge is -2.17. The van der Waals surface area contributed by atoms with Crippen molar-refractivity contribution in [3.63, 3.8) is 0 Å². The number of carbonyl (C=O) groups excluding carboxylic acids is 2. The van der Waals surface area contributed by atoms with Gasteiger partial charge in [-0.1, -0.05) is 23.9 Å². The number of nitrogens with one attached hydrogen (secondary N) is 1. The van der Waals surface area contributed by atoms with Crippen LogP contribution in [0.5, 0.6) is 11.5 Å². The van der Waals surface area contributed by atoms with Gasteiger partial charge in [0.2, 0.25) is 17.0 Å². The number of tetrazole rings is 1. The van der Waals surface area contributed by atoms with E-state index in [9.17, 15) is 9.59 Å². The summed E-state index contributed by atoms with van der Waals surface area (Å²) in [6.07, 6.45) is 2.75. The van der Waals surface area contributed by atoms with Crippen LogP contribution in [0.15, 0.2) is 47.6 Å². The first-order valence-electron chi connectivity index (χ1n) is 10.7. The van der Waals surface area contributed by atoms with E-state index in [0.717, 1.165) is 11.3 Å². The number of carbonyl (C=O) groups is 2. The Morgan fingerprint density at radius 2 is 2.00 bits per heavy atom. The molecule has 0 radical (unpaired) electrons. The summed E-state index contributed by atoms with van der Waals surface area (Å²) in [7, 11) is 3.18. The lowest BCUT2D eigenvalue weighted by molar-refractivity contribution is -0.128. The highest BCUT2D eigenvalue weighted by Crippen LogP contribution is 2.28. The molecule has 1 aromatic heterocycles. The molecule has 11 heteroatoms. The Hall–Kier alpha value is -3.60. The highest BCUT2D eigenvalue weighted by atomic mass is 32.2. The minimum atomic E-state index is -0.406. The highest BCUT2D eigenvalue weighted by Gasteiger charge is 2.34. The largest absolute Gasteiger partial charge is 0.493 e. The number of amides is 2. The molecule has 2 heterocycles. The van der Waals surface area contributed by atoms with Gasteiger partial charge in [0.05, 0.1) is 25.8 Å². The number of likely N-dealkylation sites (tertiary alicyclic amines) is 1. The number of rotatable bonds is 9. The lowest BCUT2D eigenvalue weighted by Crippen LogP contribution is -2.30. The number of thioether (sulfide) groups is 1. The number of ether oxygens (including phenoxy) is 2. The van der Waals surface area contributed by atoms with Gasteiger partial charge in [0.1, 0.15) is 0 Å². The summed E-state index contributed by atoms with van der Waals surface area (Å²) in [6, 6.07) is 13.0. The predicted octanol–water partition coefficient (Wildman–Crippen LogP) is 2.43. The van der Waals surface area contributed by atoms with Gasteiger partial charge in [-0.3, -0.25) is 9.59 Å². The molecule has 10 nitrogen and oxygen atoms in total. The zero-order valence-corrected chi connectivity index (χ0v) is 20.0. The molecule has 178 valence electrons. The normalized spacial score (nSPS) is 15.4. The van der Waals surface area contributed by atoms with Crippen molar-refractivity contribution in [3.05, 3.63) is 48.0 Å². The van der Waals surface area contributed by atoms with Crippen molar-refractivity contribution >= 4 is 29.3 Å². The minimum Gasteiger partial charge on any atom is -0.493 e. The fourth-order valence-electron chi connectivity index (χ4n) is 3.89. The average molecular weight is 483 g/mol. The molecule has 3 aromatic rings. The molecule has 34 heavy (non-hydrogen) atoms. The second-order valence-electron chi connectivity index (χ2n) is 7.80. The van der Waals surface area contributed by atoms with Gasteiger partial charge in [-0.15, -0.1) is 5.10 Å². The number of hydrogen-bond donors (Lipinski definition) is 1. The Morgan fingerprint density at radius 1 is 1.18 bits per heavy atom. The molecular formula is C23H26N6O4S. The van der Waals surface area contributed by atoms with Gasteiger partial charge in [-0.05, 0) is 59.0 Å². The van der Waals surface area contributed by atoms with E-state index in [4.69, 9.17) is 9.47 Å². The first-order chi connectivity index (χ1) is 16.5. The number of benzene rings is 2. The fourth-order valence-corrected chi connectivity index (χ4v) is 4.33. The molecule has 0 saturated carbocycles. The van der Waals surface area contributed by atoms with Gasteiger partial charge in [0.25, 0.3) is 0 Å². The van der Waals surface area contributed by atoms with Gasteiger partial charge in [0.15, 0.2) is 11.5 Å². The molecule has 1 unspecified atom stereocenters. The number of nitrogens with zero attached hydrogens (tertiary/aromatic N) is 5. The highest BCUT2D eigenvalue weighted by molar-refractivity contribution is 7.98. The molecule has 0 spiro atoms. The zero-order chi connectivity index (χ0) is 24.1. The number of hydrogen-bond acceptors (Lipinski definition) is 8. The molecular weight excluding hydrogens is 456 g/mol. The van der Waals surface area contributed by atoms with Crippen LogP contribution < -0.4 is 14.8 Å². The van der Waals surface area contributed by atoms with Gasteiger partial charge < -0.3 is 19.7 Å². The first kappa shape index (κ1) is 23.6. The van der Waals surface area contributed by atoms with Gasteiger partial charge in [-0.2, -0.15) is 4.68 Å². The molecule has 0 bridgehead atoms. The summed E-state index contributed by atoms with van der Waals surface area (Å²) in [5.41, 5.74) is 2.40. The maximum atomic E-state index is 12.9. The van der Waals surface area contributed by atoms with Gasteiger partial charge >= 0.3 is 0 Å². The van der Waals surface area contributed by atoms with Crippen molar-refractivity contribution in [2.45, 2.75) is 18.0 Å². The molecule has 1 saturated heterocycles. The smallest absolute Gasteiger partial charge is 0.229 e. The molecule has 0 aliphatic carbocycles. The number of anilines is 1. The lowest BCUT2D eigenvalue weighted by atomic mass is 10.1. The second-order valence-corrected chi connectivity index (χ2v) is 8.57. The van der Waals surface area contributed by atoms with Crippen LogP contribution in [0.3, 0.4) is 0 Å². The summed E-state index contributed by atoms with van der Waals surface area (Å²) in [6.45, 7) is 0.922. The fraction of sp³-hybridized carbons (Fsp3) is 0.348. The van der Waals surface area contributed by atoms with Crippen LogP contribution >= 0.6 is 11.8 Å². The summed E-state index contributed by atoms with van der Waals surface area (Å²) in [4.78, 5) is 27.2. The Bertz CT molecular complexity index is 1180. The molecule has 2 aromatic carbocycles. The van der Waals surface area contributed by atoms with E-state index < -0.39 is 5.92 Å².